The molecule has 1 aliphatic carbocycles. The normalized spacial score (nSPS) is 13.8. The molecule has 1 unspecified atom stereocenters. The van der Waals surface area contributed by atoms with Crippen molar-refractivity contribution in [1.82, 2.24) is 5.32 Å². The van der Waals surface area contributed by atoms with Crippen LogP contribution in [0.1, 0.15) is 25.0 Å². The van der Waals surface area contributed by atoms with Crippen LogP contribution in [-0.4, -0.2) is 17.9 Å². The molecule has 0 aliphatic heterocycles. The van der Waals surface area contributed by atoms with Gasteiger partial charge in [-0.15, -0.1) is 0 Å². The fourth-order valence-corrected chi connectivity index (χ4v) is 2.37. The molecule has 1 aliphatic rings. The highest BCUT2D eigenvalue weighted by atomic mass is 16.3. The van der Waals surface area contributed by atoms with Crippen LogP contribution >= 0.6 is 0 Å². The molecule has 2 nitrogen and oxygen atoms in total. The number of aliphatic hydroxyl groups is 1. The molecule has 0 radical (unpaired) electrons. The standard InChI is InChI=1S/C13H10.C4H11NO/c1-4-10-6-2-8-12-9-3-7-11(5-1)13(10)12;1-3-5-4(2)6/h1-8H,9H2;4-6H,3H2,1-2H3. The summed E-state index contributed by atoms with van der Waals surface area (Å²) < 4.78 is 0. The lowest BCUT2D eigenvalue weighted by Crippen LogP contribution is -2.24. The highest BCUT2D eigenvalue weighted by Crippen LogP contribution is 2.27. The average Bonchev–Trinajstić information content (AvgIpc) is 2.40. The van der Waals surface area contributed by atoms with E-state index in [1.165, 1.54) is 21.9 Å². The predicted molar refractivity (Wildman–Crippen MR) is 82.0 cm³/mol. The van der Waals surface area contributed by atoms with Gasteiger partial charge in [0.05, 0.1) is 0 Å². The van der Waals surface area contributed by atoms with E-state index in [1.54, 1.807) is 6.92 Å². The van der Waals surface area contributed by atoms with Crippen LogP contribution in [0.4, 0.5) is 0 Å². The van der Waals surface area contributed by atoms with Gasteiger partial charge in [-0.3, -0.25) is 5.32 Å². The van der Waals surface area contributed by atoms with Gasteiger partial charge < -0.3 is 5.11 Å². The number of rotatable bonds is 2. The minimum absolute atomic E-state index is 0.352. The molecular formula is C17H21NO. The first-order valence-electron chi connectivity index (χ1n) is 6.81. The zero-order valence-electron chi connectivity index (χ0n) is 11.6. The van der Waals surface area contributed by atoms with Crippen LogP contribution in [0, 0.1) is 0 Å². The summed E-state index contributed by atoms with van der Waals surface area (Å²) in [4.78, 5) is 0. The first-order chi connectivity index (χ1) is 9.22. The van der Waals surface area contributed by atoms with E-state index in [4.69, 9.17) is 5.11 Å². The Morgan fingerprint density at radius 1 is 1.21 bits per heavy atom. The molecule has 2 N–H and O–H groups in total. The van der Waals surface area contributed by atoms with Gasteiger partial charge in [0, 0.05) is 0 Å². The van der Waals surface area contributed by atoms with Gasteiger partial charge >= 0.3 is 0 Å². The molecule has 1 atom stereocenters. The van der Waals surface area contributed by atoms with Crippen LogP contribution in [0.25, 0.3) is 16.8 Å². The summed E-state index contributed by atoms with van der Waals surface area (Å²) in [6.07, 6.45) is 5.18. The molecule has 0 spiro atoms. The SMILES string of the molecule is C1=Cc2cccc3cccc(c23)C1.CCNC(C)O. The van der Waals surface area contributed by atoms with Crippen molar-refractivity contribution in [3.05, 3.63) is 53.6 Å². The van der Waals surface area contributed by atoms with Gasteiger partial charge in [0.15, 0.2) is 0 Å². The summed E-state index contributed by atoms with van der Waals surface area (Å²) >= 11 is 0. The second-order valence-electron chi connectivity index (χ2n) is 4.70. The lowest BCUT2D eigenvalue weighted by molar-refractivity contribution is 0.159. The minimum Gasteiger partial charge on any atom is -0.379 e. The van der Waals surface area contributed by atoms with Crippen molar-refractivity contribution in [3.63, 3.8) is 0 Å². The first-order valence-corrected chi connectivity index (χ1v) is 6.81. The summed E-state index contributed by atoms with van der Waals surface area (Å²) in [6.45, 7) is 4.48. The maximum absolute atomic E-state index is 8.44. The lowest BCUT2D eigenvalue weighted by Gasteiger charge is -2.11. The third-order valence-corrected chi connectivity index (χ3v) is 3.16. The summed E-state index contributed by atoms with van der Waals surface area (Å²) in [5.41, 5.74) is 2.81. The molecule has 3 rings (SSSR count). The Labute approximate surface area is 114 Å². The molecule has 0 aromatic heterocycles. The summed E-state index contributed by atoms with van der Waals surface area (Å²) in [5, 5.41) is 14.0. The van der Waals surface area contributed by atoms with Gasteiger partial charge in [-0.1, -0.05) is 55.5 Å². The predicted octanol–water partition coefficient (Wildman–Crippen LogP) is 3.34. The number of nitrogens with one attached hydrogen (secondary N) is 1. The summed E-state index contributed by atoms with van der Waals surface area (Å²) in [5.74, 6) is 0. The van der Waals surface area contributed by atoms with Crippen LogP contribution in [0.15, 0.2) is 42.5 Å². The minimum atomic E-state index is -0.352. The number of allylic oxidation sites excluding steroid dienone is 1. The van der Waals surface area contributed by atoms with Crippen LogP contribution < -0.4 is 5.32 Å². The number of benzene rings is 2. The Bertz CT molecular complexity index is 567. The number of aliphatic hydroxyl groups excluding tert-OH is 1. The van der Waals surface area contributed by atoms with E-state index in [0.29, 0.717) is 0 Å². The van der Waals surface area contributed by atoms with Gasteiger partial charge in [0.1, 0.15) is 6.23 Å². The zero-order chi connectivity index (χ0) is 13.7. The maximum Gasteiger partial charge on any atom is 0.102 e. The van der Waals surface area contributed by atoms with Crippen molar-refractivity contribution in [2.75, 3.05) is 6.54 Å². The third-order valence-electron chi connectivity index (χ3n) is 3.16. The Morgan fingerprint density at radius 3 is 2.58 bits per heavy atom. The highest BCUT2D eigenvalue weighted by molar-refractivity contribution is 5.94. The van der Waals surface area contributed by atoms with E-state index < -0.39 is 0 Å². The summed E-state index contributed by atoms with van der Waals surface area (Å²) in [7, 11) is 0. The Balaban J connectivity index is 0.000000192. The van der Waals surface area contributed by atoms with Crippen LogP contribution in [-0.2, 0) is 6.42 Å². The fraction of sp³-hybridized carbons (Fsp3) is 0.294. The smallest absolute Gasteiger partial charge is 0.102 e. The van der Waals surface area contributed by atoms with Gasteiger partial charge in [-0.25, -0.2) is 0 Å². The molecule has 100 valence electrons. The monoisotopic (exact) mass is 255 g/mol. The van der Waals surface area contributed by atoms with E-state index in [0.717, 1.165) is 13.0 Å². The van der Waals surface area contributed by atoms with E-state index in [9.17, 15) is 0 Å². The lowest BCUT2D eigenvalue weighted by atomic mass is 9.93. The average molecular weight is 255 g/mol. The van der Waals surface area contributed by atoms with Crippen LogP contribution in [0.3, 0.4) is 0 Å². The third kappa shape index (κ3) is 3.43. The Morgan fingerprint density at radius 2 is 1.95 bits per heavy atom. The second kappa shape index (κ2) is 6.50. The molecule has 0 saturated heterocycles. The van der Waals surface area contributed by atoms with Crippen LogP contribution in [0.2, 0.25) is 0 Å². The molecular weight excluding hydrogens is 234 g/mol. The molecule has 0 amide bonds. The molecule has 2 aromatic carbocycles. The van der Waals surface area contributed by atoms with Crippen molar-refractivity contribution in [2.45, 2.75) is 26.5 Å². The largest absolute Gasteiger partial charge is 0.379 e. The van der Waals surface area contributed by atoms with Gasteiger partial charge in [-0.2, -0.15) is 0 Å². The van der Waals surface area contributed by atoms with Crippen molar-refractivity contribution in [1.29, 1.82) is 0 Å². The van der Waals surface area contributed by atoms with E-state index in [-0.39, 0.29) is 6.23 Å². The summed E-state index contributed by atoms with van der Waals surface area (Å²) in [6, 6.07) is 13.0. The van der Waals surface area contributed by atoms with Gasteiger partial charge in [0.2, 0.25) is 0 Å². The molecule has 0 bridgehead atoms. The Kier molecular flexibility index (Phi) is 4.72. The highest BCUT2D eigenvalue weighted by Gasteiger charge is 2.06. The van der Waals surface area contributed by atoms with Crippen molar-refractivity contribution >= 4 is 16.8 Å². The van der Waals surface area contributed by atoms with Gasteiger partial charge in [-0.05, 0) is 41.8 Å². The quantitative estimate of drug-likeness (QED) is 0.807. The molecule has 0 fully saturated rings. The van der Waals surface area contributed by atoms with Crippen molar-refractivity contribution in [2.24, 2.45) is 0 Å². The molecule has 2 aromatic rings. The Hall–Kier alpha value is -1.64. The number of hydrogen-bond acceptors (Lipinski definition) is 2. The van der Waals surface area contributed by atoms with E-state index >= 15 is 0 Å². The topological polar surface area (TPSA) is 32.3 Å². The molecule has 0 saturated carbocycles. The maximum atomic E-state index is 8.44. The molecule has 0 heterocycles. The van der Waals surface area contributed by atoms with Crippen LogP contribution in [0.5, 0.6) is 0 Å². The fourth-order valence-electron chi connectivity index (χ4n) is 2.37. The molecule has 2 heteroatoms. The van der Waals surface area contributed by atoms with E-state index in [1.807, 2.05) is 6.92 Å². The van der Waals surface area contributed by atoms with E-state index in [2.05, 4.69) is 53.9 Å². The number of hydrogen-bond donors (Lipinski definition) is 2. The first kappa shape index (κ1) is 13.8. The molecule has 19 heavy (non-hydrogen) atoms. The van der Waals surface area contributed by atoms with Crippen molar-refractivity contribution in [3.8, 4) is 0 Å². The zero-order valence-corrected chi connectivity index (χ0v) is 11.6. The van der Waals surface area contributed by atoms with Crippen molar-refractivity contribution < 1.29 is 5.11 Å². The second-order valence-corrected chi connectivity index (χ2v) is 4.70. The van der Waals surface area contributed by atoms with Gasteiger partial charge in [0.25, 0.3) is 0 Å².